The van der Waals surface area contributed by atoms with E-state index in [2.05, 4.69) is 26.2 Å². The SMILES string of the molecule is CS(=O)(=O)c1cccc(C(=O)Nc2ccncc2Br)c1. The van der Waals surface area contributed by atoms with Crippen LogP contribution < -0.4 is 5.32 Å². The van der Waals surface area contributed by atoms with Gasteiger partial charge in [0.05, 0.1) is 15.1 Å². The van der Waals surface area contributed by atoms with Crippen LogP contribution in [0.15, 0.2) is 52.1 Å². The molecule has 0 aliphatic carbocycles. The fourth-order valence-corrected chi connectivity index (χ4v) is 2.56. The molecule has 0 saturated heterocycles. The number of carbonyl (C=O) groups is 1. The first kappa shape index (κ1) is 14.7. The Morgan fingerprint density at radius 1 is 1.30 bits per heavy atom. The van der Waals surface area contributed by atoms with E-state index in [1.807, 2.05) is 0 Å². The molecule has 0 unspecified atom stereocenters. The van der Waals surface area contributed by atoms with Gasteiger partial charge in [-0.2, -0.15) is 0 Å². The Bertz CT molecular complexity index is 760. The Labute approximate surface area is 125 Å². The van der Waals surface area contributed by atoms with Crippen molar-refractivity contribution < 1.29 is 13.2 Å². The number of halogens is 1. The summed E-state index contributed by atoms with van der Waals surface area (Å²) in [6.45, 7) is 0. The Hall–Kier alpha value is -1.73. The second-order valence-electron chi connectivity index (χ2n) is 4.11. The first-order valence-corrected chi connectivity index (χ1v) is 8.27. The van der Waals surface area contributed by atoms with Gasteiger partial charge < -0.3 is 5.32 Å². The van der Waals surface area contributed by atoms with E-state index in [1.54, 1.807) is 24.5 Å². The van der Waals surface area contributed by atoms with Crippen molar-refractivity contribution in [1.82, 2.24) is 4.98 Å². The maximum absolute atomic E-state index is 12.1. The number of rotatable bonds is 3. The summed E-state index contributed by atoms with van der Waals surface area (Å²) in [5.74, 6) is -0.387. The van der Waals surface area contributed by atoms with Crippen LogP contribution in [0.5, 0.6) is 0 Å². The Kier molecular flexibility index (Phi) is 4.20. The number of benzene rings is 1. The third-order valence-electron chi connectivity index (χ3n) is 2.55. The summed E-state index contributed by atoms with van der Waals surface area (Å²) < 4.78 is 23.6. The number of hydrogen-bond donors (Lipinski definition) is 1. The van der Waals surface area contributed by atoms with Crippen molar-refractivity contribution in [3.8, 4) is 0 Å². The zero-order valence-electron chi connectivity index (χ0n) is 10.5. The number of anilines is 1. The summed E-state index contributed by atoms with van der Waals surface area (Å²) in [5.41, 5.74) is 0.839. The number of amides is 1. The lowest BCUT2D eigenvalue weighted by Crippen LogP contribution is -2.13. The third kappa shape index (κ3) is 3.43. The molecule has 1 N–H and O–H groups in total. The fourth-order valence-electron chi connectivity index (χ4n) is 1.54. The van der Waals surface area contributed by atoms with E-state index in [0.717, 1.165) is 6.26 Å². The minimum Gasteiger partial charge on any atom is -0.321 e. The molecule has 0 aliphatic rings. The van der Waals surface area contributed by atoms with Gasteiger partial charge in [-0.25, -0.2) is 8.42 Å². The first-order valence-electron chi connectivity index (χ1n) is 5.59. The normalized spacial score (nSPS) is 11.1. The molecule has 0 aliphatic heterocycles. The van der Waals surface area contributed by atoms with Crippen LogP contribution in [-0.4, -0.2) is 25.6 Å². The van der Waals surface area contributed by atoms with E-state index >= 15 is 0 Å². The number of nitrogens with zero attached hydrogens (tertiary/aromatic N) is 1. The maximum Gasteiger partial charge on any atom is 0.255 e. The van der Waals surface area contributed by atoms with Crippen molar-refractivity contribution in [3.63, 3.8) is 0 Å². The van der Waals surface area contributed by atoms with Gasteiger partial charge in [-0.1, -0.05) is 6.07 Å². The minimum atomic E-state index is -3.34. The number of aromatic nitrogens is 1. The van der Waals surface area contributed by atoms with E-state index in [0.29, 0.717) is 10.2 Å². The first-order chi connectivity index (χ1) is 9.38. The van der Waals surface area contributed by atoms with Crippen LogP contribution in [0.4, 0.5) is 5.69 Å². The molecule has 1 aromatic carbocycles. The van der Waals surface area contributed by atoms with Gasteiger partial charge in [-0.15, -0.1) is 0 Å². The maximum atomic E-state index is 12.1. The molecule has 0 radical (unpaired) electrons. The second-order valence-corrected chi connectivity index (χ2v) is 6.98. The number of sulfone groups is 1. The molecule has 2 rings (SSSR count). The van der Waals surface area contributed by atoms with Crippen molar-refractivity contribution >= 4 is 37.4 Å². The van der Waals surface area contributed by atoms with Gasteiger partial charge in [0, 0.05) is 24.2 Å². The molecule has 2 aromatic rings. The smallest absolute Gasteiger partial charge is 0.255 e. The minimum absolute atomic E-state index is 0.110. The highest BCUT2D eigenvalue weighted by Crippen LogP contribution is 2.21. The van der Waals surface area contributed by atoms with E-state index in [1.165, 1.54) is 18.2 Å². The Balaban J connectivity index is 2.29. The van der Waals surface area contributed by atoms with Crippen LogP contribution in [0, 0.1) is 0 Å². The second kappa shape index (κ2) is 5.72. The molecule has 1 heterocycles. The van der Waals surface area contributed by atoms with Crippen molar-refractivity contribution in [3.05, 3.63) is 52.8 Å². The van der Waals surface area contributed by atoms with Crippen molar-refractivity contribution in [1.29, 1.82) is 0 Å². The van der Waals surface area contributed by atoms with E-state index < -0.39 is 9.84 Å². The summed E-state index contributed by atoms with van der Waals surface area (Å²) in [6, 6.07) is 7.53. The summed E-state index contributed by atoms with van der Waals surface area (Å²) in [4.78, 5) is 16.1. The summed E-state index contributed by atoms with van der Waals surface area (Å²) in [7, 11) is -3.34. The van der Waals surface area contributed by atoms with Gasteiger partial charge >= 0.3 is 0 Å². The Morgan fingerprint density at radius 3 is 2.70 bits per heavy atom. The molecule has 1 aromatic heterocycles. The van der Waals surface area contributed by atoms with E-state index in [-0.39, 0.29) is 16.4 Å². The fraction of sp³-hybridized carbons (Fsp3) is 0.0769. The lowest BCUT2D eigenvalue weighted by molar-refractivity contribution is 0.102. The van der Waals surface area contributed by atoms with Crippen molar-refractivity contribution in [2.24, 2.45) is 0 Å². The molecular weight excluding hydrogens is 344 g/mol. The summed E-state index contributed by atoms with van der Waals surface area (Å²) >= 11 is 3.27. The molecule has 0 spiro atoms. The molecule has 0 fully saturated rings. The summed E-state index contributed by atoms with van der Waals surface area (Å²) in [5, 5.41) is 2.68. The van der Waals surface area contributed by atoms with Gasteiger partial charge in [0.2, 0.25) is 0 Å². The monoisotopic (exact) mass is 354 g/mol. The molecule has 5 nitrogen and oxygen atoms in total. The van der Waals surface area contributed by atoms with Gasteiger partial charge in [0.15, 0.2) is 9.84 Å². The molecule has 0 bridgehead atoms. The largest absolute Gasteiger partial charge is 0.321 e. The average molecular weight is 355 g/mol. The van der Waals surface area contributed by atoms with Gasteiger partial charge in [-0.05, 0) is 40.2 Å². The van der Waals surface area contributed by atoms with Gasteiger partial charge in [-0.3, -0.25) is 9.78 Å². The molecule has 7 heteroatoms. The van der Waals surface area contributed by atoms with Gasteiger partial charge in [0.25, 0.3) is 5.91 Å². The van der Waals surface area contributed by atoms with Crippen molar-refractivity contribution in [2.75, 3.05) is 11.6 Å². The number of pyridine rings is 1. The summed E-state index contributed by atoms with van der Waals surface area (Å²) in [6.07, 6.45) is 4.21. The highest BCUT2D eigenvalue weighted by molar-refractivity contribution is 9.10. The van der Waals surface area contributed by atoms with Crippen LogP contribution in [0.2, 0.25) is 0 Å². The molecule has 20 heavy (non-hydrogen) atoms. The number of hydrogen-bond acceptors (Lipinski definition) is 4. The molecule has 0 atom stereocenters. The lowest BCUT2D eigenvalue weighted by atomic mass is 10.2. The van der Waals surface area contributed by atoms with Crippen LogP contribution in [-0.2, 0) is 9.84 Å². The standard InChI is InChI=1S/C13H11BrN2O3S/c1-20(18,19)10-4-2-3-9(7-10)13(17)16-12-5-6-15-8-11(12)14/h2-8H,1H3,(H,15,16,17). The lowest BCUT2D eigenvalue weighted by Gasteiger charge is -2.07. The molecule has 104 valence electrons. The van der Waals surface area contributed by atoms with E-state index in [4.69, 9.17) is 0 Å². The predicted octanol–water partition coefficient (Wildman–Crippen LogP) is 2.50. The van der Waals surface area contributed by atoms with Crippen molar-refractivity contribution in [2.45, 2.75) is 4.90 Å². The average Bonchev–Trinajstić information content (AvgIpc) is 2.40. The quantitative estimate of drug-likeness (QED) is 0.918. The zero-order chi connectivity index (χ0) is 14.8. The highest BCUT2D eigenvalue weighted by Gasteiger charge is 2.12. The zero-order valence-corrected chi connectivity index (χ0v) is 12.9. The van der Waals surface area contributed by atoms with Crippen LogP contribution >= 0.6 is 15.9 Å². The van der Waals surface area contributed by atoms with Crippen LogP contribution in [0.1, 0.15) is 10.4 Å². The Morgan fingerprint density at radius 2 is 2.05 bits per heavy atom. The molecule has 1 amide bonds. The van der Waals surface area contributed by atoms with Crippen LogP contribution in [0.25, 0.3) is 0 Å². The van der Waals surface area contributed by atoms with Gasteiger partial charge in [0.1, 0.15) is 0 Å². The topological polar surface area (TPSA) is 76.1 Å². The predicted molar refractivity (Wildman–Crippen MR) is 79.4 cm³/mol. The third-order valence-corrected chi connectivity index (χ3v) is 4.29. The number of carbonyl (C=O) groups excluding carboxylic acids is 1. The molecule has 0 saturated carbocycles. The molecular formula is C13H11BrN2O3S. The highest BCUT2D eigenvalue weighted by atomic mass is 79.9. The van der Waals surface area contributed by atoms with Crippen LogP contribution in [0.3, 0.4) is 0 Å². The van der Waals surface area contributed by atoms with E-state index in [9.17, 15) is 13.2 Å². The number of nitrogens with one attached hydrogen (secondary N) is 1.